The van der Waals surface area contributed by atoms with Gasteiger partial charge in [0.25, 0.3) is 10.0 Å². The highest BCUT2D eigenvalue weighted by molar-refractivity contribution is 7.89. The molecule has 7 heteroatoms. The predicted octanol–water partition coefficient (Wildman–Crippen LogP) is 0.433. The van der Waals surface area contributed by atoms with Gasteiger partial charge in [-0.1, -0.05) is 0 Å². The second kappa shape index (κ2) is 4.99. The minimum absolute atomic E-state index is 0.0256. The van der Waals surface area contributed by atoms with Gasteiger partial charge in [-0.15, -0.1) is 0 Å². The molecule has 0 amide bonds. The summed E-state index contributed by atoms with van der Waals surface area (Å²) < 4.78 is 28.1. The molecule has 1 aliphatic heterocycles. The molecule has 18 heavy (non-hydrogen) atoms. The van der Waals surface area contributed by atoms with Gasteiger partial charge in [0, 0.05) is 19.1 Å². The van der Waals surface area contributed by atoms with Crippen LogP contribution in [0.4, 0.5) is 0 Å². The molecule has 102 valence electrons. The fraction of sp³-hybridized carbons (Fsp3) is 0.727. The Labute approximate surface area is 108 Å². The van der Waals surface area contributed by atoms with Crippen LogP contribution < -0.4 is 5.73 Å². The van der Waals surface area contributed by atoms with E-state index in [0.717, 1.165) is 6.42 Å². The monoisotopic (exact) mass is 272 g/mol. The number of nitrogens with zero attached hydrogens (tertiary/aromatic N) is 3. The Morgan fingerprint density at radius 2 is 2.28 bits per heavy atom. The summed E-state index contributed by atoms with van der Waals surface area (Å²) in [5.41, 5.74) is 5.60. The predicted molar refractivity (Wildman–Crippen MR) is 68.5 cm³/mol. The van der Waals surface area contributed by atoms with Gasteiger partial charge in [-0.3, -0.25) is 4.68 Å². The van der Waals surface area contributed by atoms with Crippen molar-refractivity contribution in [3.05, 3.63) is 12.3 Å². The van der Waals surface area contributed by atoms with E-state index in [0.29, 0.717) is 19.6 Å². The first-order chi connectivity index (χ1) is 8.46. The minimum Gasteiger partial charge on any atom is -0.330 e. The van der Waals surface area contributed by atoms with Gasteiger partial charge >= 0.3 is 0 Å². The molecular formula is C11H20N4O2S. The molecule has 0 radical (unpaired) electrons. The highest BCUT2D eigenvalue weighted by Crippen LogP contribution is 2.24. The SMILES string of the molecule is CC(C)n1nccc1S(=O)(=O)N1CC[C@H](CN)C1. The molecule has 6 nitrogen and oxygen atoms in total. The molecular weight excluding hydrogens is 252 g/mol. The molecule has 0 aromatic carbocycles. The summed E-state index contributed by atoms with van der Waals surface area (Å²) >= 11 is 0. The van der Waals surface area contributed by atoms with Crippen LogP contribution in [0.1, 0.15) is 26.3 Å². The Bertz CT molecular complexity index is 509. The molecule has 2 heterocycles. The van der Waals surface area contributed by atoms with Crippen LogP contribution in [-0.4, -0.2) is 42.1 Å². The third-order valence-corrected chi connectivity index (χ3v) is 5.17. The zero-order valence-electron chi connectivity index (χ0n) is 10.8. The lowest BCUT2D eigenvalue weighted by atomic mass is 10.1. The van der Waals surface area contributed by atoms with Gasteiger partial charge in [0.15, 0.2) is 5.03 Å². The van der Waals surface area contributed by atoms with Crippen molar-refractivity contribution in [2.24, 2.45) is 11.7 Å². The Balaban J connectivity index is 2.29. The summed E-state index contributed by atoms with van der Waals surface area (Å²) in [4.78, 5) is 0. The average molecular weight is 272 g/mol. The molecule has 1 aromatic heterocycles. The third kappa shape index (κ3) is 2.30. The quantitative estimate of drug-likeness (QED) is 0.862. The smallest absolute Gasteiger partial charge is 0.260 e. The summed E-state index contributed by atoms with van der Waals surface area (Å²) in [7, 11) is -3.44. The molecule has 1 saturated heterocycles. The molecule has 0 bridgehead atoms. The Hall–Kier alpha value is -0.920. The van der Waals surface area contributed by atoms with Gasteiger partial charge in [-0.2, -0.15) is 9.40 Å². The molecule has 1 aliphatic rings. The second-order valence-electron chi connectivity index (χ2n) is 4.96. The van der Waals surface area contributed by atoms with Crippen LogP contribution in [0, 0.1) is 5.92 Å². The van der Waals surface area contributed by atoms with E-state index in [2.05, 4.69) is 5.10 Å². The van der Waals surface area contributed by atoms with Crippen molar-refractivity contribution in [2.75, 3.05) is 19.6 Å². The standard InChI is InChI=1S/C11H20N4O2S/c1-9(2)15-11(3-5-13-15)18(16,17)14-6-4-10(7-12)8-14/h3,5,9-10H,4,6-8,12H2,1-2H3/t10-/m1/s1. The number of hydrogen-bond donors (Lipinski definition) is 1. The zero-order valence-corrected chi connectivity index (χ0v) is 11.6. The molecule has 0 spiro atoms. The Morgan fingerprint density at radius 3 is 2.83 bits per heavy atom. The molecule has 0 unspecified atom stereocenters. The van der Waals surface area contributed by atoms with Crippen LogP contribution in [-0.2, 0) is 10.0 Å². The number of aromatic nitrogens is 2. The first kappa shape index (κ1) is 13.5. The summed E-state index contributed by atoms with van der Waals surface area (Å²) in [5.74, 6) is 0.273. The van der Waals surface area contributed by atoms with Crippen molar-refractivity contribution >= 4 is 10.0 Å². The first-order valence-corrected chi connectivity index (χ1v) is 7.64. The number of nitrogens with two attached hydrogens (primary N) is 1. The van der Waals surface area contributed by atoms with Gasteiger partial charge in [0.2, 0.25) is 0 Å². The summed E-state index contributed by atoms with van der Waals surface area (Å²) in [6, 6.07) is 1.59. The maximum atomic E-state index is 12.5. The van der Waals surface area contributed by atoms with Gasteiger partial charge in [0.1, 0.15) is 0 Å². The summed E-state index contributed by atoms with van der Waals surface area (Å²) in [6.45, 7) is 5.43. The van der Waals surface area contributed by atoms with E-state index >= 15 is 0 Å². The first-order valence-electron chi connectivity index (χ1n) is 6.20. The van der Waals surface area contributed by atoms with E-state index in [-0.39, 0.29) is 17.0 Å². The topological polar surface area (TPSA) is 81.2 Å². The third-order valence-electron chi connectivity index (χ3n) is 3.31. The fourth-order valence-corrected chi connectivity index (χ4v) is 3.98. The van der Waals surface area contributed by atoms with E-state index in [4.69, 9.17) is 5.73 Å². The number of rotatable bonds is 4. The van der Waals surface area contributed by atoms with E-state index < -0.39 is 10.0 Å². The van der Waals surface area contributed by atoms with Crippen LogP contribution in [0.3, 0.4) is 0 Å². The lowest BCUT2D eigenvalue weighted by Gasteiger charge is -2.18. The molecule has 1 atom stereocenters. The van der Waals surface area contributed by atoms with E-state index in [1.807, 2.05) is 13.8 Å². The molecule has 1 aromatic rings. The van der Waals surface area contributed by atoms with E-state index in [9.17, 15) is 8.42 Å². The molecule has 2 N–H and O–H groups in total. The van der Waals surface area contributed by atoms with Crippen molar-refractivity contribution in [1.82, 2.24) is 14.1 Å². The lowest BCUT2D eigenvalue weighted by molar-refractivity contribution is 0.431. The highest BCUT2D eigenvalue weighted by Gasteiger charge is 2.34. The van der Waals surface area contributed by atoms with E-state index in [1.54, 1.807) is 10.7 Å². The van der Waals surface area contributed by atoms with Crippen molar-refractivity contribution in [2.45, 2.75) is 31.3 Å². The molecule has 0 saturated carbocycles. The van der Waals surface area contributed by atoms with Crippen LogP contribution in [0.2, 0.25) is 0 Å². The lowest BCUT2D eigenvalue weighted by Crippen LogP contribution is -2.32. The van der Waals surface area contributed by atoms with Crippen molar-refractivity contribution in [3.8, 4) is 0 Å². The minimum atomic E-state index is -3.44. The van der Waals surface area contributed by atoms with Crippen LogP contribution in [0.15, 0.2) is 17.3 Å². The van der Waals surface area contributed by atoms with Gasteiger partial charge in [0.05, 0.1) is 6.20 Å². The largest absolute Gasteiger partial charge is 0.330 e. The fourth-order valence-electron chi connectivity index (χ4n) is 2.23. The summed E-state index contributed by atoms with van der Waals surface area (Å²) in [5, 5.41) is 4.35. The molecule has 1 fully saturated rings. The second-order valence-corrected chi connectivity index (χ2v) is 6.85. The van der Waals surface area contributed by atoms with E-state index in [1.165, 1.54) is 10.5 Å². The molecule has 2 rings (SSSR count). The van der Waals surface area contributed by atoms with Crippen molar-refractivity contribution in [1.29, 1.82) is 0 Å². The Kier molecular flexibility index (Phi) is 3.74. The van der Waals surface area contributed by atoms with Gasteiger partial charge < -0.3 is 5.73 Å². The number of sulfonamides is 1. The maximum absolute atomic E-state index is 12.5. The van der Waals surface area contributed by atoms with Crippen LogP contribution in [0.25, 0.3) is 0 Å². The molecule has 0 aliphatic carbocycles. The highest BCUT2D eigenvalue weighted by atomic mass is 32.2. The van der Waals surface area contributed by atoms with Gasteiger partial charge in [-0.25, -0.2) is 8.42 Å². The van der Waals surface area contributed by atoms with Crippen molar-refractivity contribution in [3.63, 3.8) is 0 Å². The maximum Gasteiger partial charge on any atom is 0.260 e. The number of hydrogen-bond acceptors (Lipinski definition) is 4. The average Bonchev–Trinajstić information content (AvgIpc) is 2.98. The zero-order chi connectivity index (χ0) is 13.3. The van der Waals surface area contributed by atoms with Crippen molar-refractivity contribution < 1.29 is 8.42 Å². The van der Waals surface area contributed by atoms with Crippen LogP contribution in [0.5, 0.6) is 0 Å². The van der Waals surface area contributed by atoms with Crippen LogP contribution >= 0.6 is 0 Å². The Morgan fingerprint density at radius 1 is 1.56 bits per heavy atom. The summed E-state index contributed by atoms with van der Waals surface area (Å²) in [6.07, 6.45) is 2.37. The normalized spacial score (nSPS) is 21.9. The van der Waals surface area contributed by atoms with Gasteiger partial charge in [-0.05, 0) is 38.8 Å².